The van der Waals surface area contributed by atoms with Crippen LogP contribution in [0.25, 0.3) is 0 Å². The number of ether oxygens (including phenoxy) is 1. The van der Waals surface area contributed by atoms with Crippen LogP contribution < -0.4 is 0 Å². The summed E-state index contributed by atoms with van der Waals surface area (Å²) in [5.74, 6) is -0.189. The maximum atomic E-state index is 12.8. The Labute approximate surface area is 112 Å². The third-order valence-electron chi connectivity index (χ3n) is 3.45. The molecule has 2 aliphatic rings. The number of nitrogens with zero attached hydrogens (tertiary/aromatic N) is 1. The molecule has 1 aromatic rings. The smallest absolute Gasteiger partial charge is 0.387 e. The Morgan fingerprint density at radius 3 is 2.75 bits per heavy atom. The summed E-state index contributed by atoms with van der Waals surface area (Å²) >= 11 is 0. The van der Waals surface area contributed by atoms with E-state index < -0.39 is 24.5 Å². The molecular weight excluding hydrogens is 278 g/mol. The van der Waals surface area contributed by atoms with Crippen molar-refractivity contribution in [2.45, 2.75) is 19.0 Å². The van der Waals surface area contributed by atoms with Crippen LogP contribution in [0.4, 0.5) is 17.6 Å². The molecule has 0 N–H and O–H groups in total. The van der Waals surface area contributed by atoms with Gasteiger partial charge in [0, 0.05) is 0 Å². The standard InChI is InChI=1S/C13H11F4NO2/c14-4-7-1-8(3-9(2-7)13(15,16)17)12-10-5-19-6-11(10)18-20-12/h1-3,10,12H,4-6H2. The molecule has 1 saturated heterocycles. The lowest BCUT2D eigenvalue weighted by atomic mass is 9.92. The minimum absolute atomic E-state index is 0.0224. The molecule has 0 bridgehead atoms. The van der Waals surface area contributed by atoms with Crippen LogP contribution in [0.15, 0.2) is 23.4 Å². The molecule has 2 atom stereocenters. The number of halogens is 4. The quantitative estimate of drug-likeness (QED) is 0.782. The summed E-state index contributed by atoms with van der Waals surface area (Å²) in [5.41, 5.74) is 0.0698. The molecule has 2 unspecified atom stereocenters. The lowest BCUT2D eigenvalue weighted by Crippen LogP contribution is -2.16. The highest BCUT2D eigenvalue weighted by molar-refractivity contribution is 5.90. The number of benzene rings is 1. The molecular formula is C13H11F4NO2. The predicted octanol–water partition coefficient (Wildman–Crippen LogP) is 3.25. The average molecular weight is 289 g/mol. The number of hydrogen-bond donors (Lipinski definition) is 0. The van der Waals surface area contributed by atoms with Gasteiger partial charge in [-0.25, -0.2) is 4.39 Å². The Morgan fingerprint density at radius 2 is 2.05 bits per heavy atom. The van der Waals surface area contributed by atoms with E-state index in [4.69, 9.17) is 9.57 Å². The van der Waals surface area contributed by atoms with Gasteiger partial charge in [0.05, 0.1) is 30.4 Å². The number of hydrogen-bond acceptors (Lipinski definition) is 3. The normalized spacial score (nSPS) is 25.3. The zero-order valence-corrected chi connectivity index (χ0v) is 10.3. The van der Waals surface area contributed by atoms with Crippen LogP contribution in [0.2, 0.25) is 0 Å². The minimum Gasteiger partial charge on any atom is -0.387 e. The predicted molar refractivity (Wildman–Crippen MR) is 61.8 cm³/mol. The summed E-state index contributed by atoms with van der Waals surface area (Å²) in [6, 6.07) is 3.18. The summed E-state index contributed by atoms with van der Waals surface area (Å²) in [6.07, 6.45) is -5.16. The minimum atomic E-state index is -4.52. The summed E-state index contributed by atoms with van der Waals surface area (Å²) in [4.78, 5) is 5.19. The second-order valence-electron chi connectivity index (χ2n) is 4.82. The Balaban J connectivity index is 1.97. The lowest BCUT2D eigenvalue weighted by molar-refractivity contribution is -0.137. The van der Waals surface area contributed by atoms with Gasteiger partial charge < -0.3 is 9.57 Å². The highest BCUT2D eigenvalue weighted by Crippen LogP contribution is 2.39. The van der Waals surface area contributed by atoms with E-state index in [0.717, 1.165) is 12.1 Å². The van der Waals surface area contributed by atoms with Gasteiger partial charge in [-0.3, -0.25) is 0 Å². The van der Waals surface area contributed by atoms with Crippen LogP contribution in [0.1, 0.15) is 22.8 Å². The first-order valence-corrected chi connectivity index (χ1v) is 6.06. The number of oxime groups is 1. The van der Waals surface area contributed by atoms with E-state index in [-0.39, 0.29) is 17.0 Å². The molecule has 2 aliphatic heterocycles. The third-order valence-corrected chi connectivity index (χ3v) is 3.45. The van der Waals surface area contributed by atoms with Gasteiger partial charge in [-0.2, -0.15) is 13.2 Å². The Hall–Kier alpha value is -1.63. The Kier molecular flexibility index (Phi) is 3.16. The SMILES string of the molecule is FCc1cc(C2ON=C3COCC32)cc(C(F)(F)F)c1. The van der Waals surface area contributed by atoms with Gasteiger partial charge in [0.2, 0.25) is 0 Å². The van der Waals surface area contributed by atoms with E-state index >= 15 is 0 Å². The summed E-state index contributed by atoms with van der Waals surface area (Å²) < 4.78 is 56.4. The fourth-order valence-electron chi connectivity index (χ4n) is 2.46. The van der Waals surface area contributed by atoms with E-state index in [1.807, 2.05) is 0 Å². The molecule has 0 aromatic heterocycles. The van der Waals surface area contributed by atoms with Gasteiger partial charge in [0.25, 0.3) is 0 Å². The molecule has 0 amide bonds. The monoisotopic (exact) mass is 289 g/mol. The average Bonchev–Trinajstić information content (AvgIpc) is 2.99. The van der Waals surface area contributed by atoms with Crippen molar-refractivity contribution in [2.24, 2.45) is 11.1 Å². The van der Waals surface area contributed by atoms with Crippen LogP contribution in [0.5, 0.6) is 0 Å². The van der Waals surface area contributed by atoms with Gasteiger partial charge in [-0.15, -0.1) is 0 Å². The van der Waals surface area contributed by atoms with Crippen molar-refractivity contribution in [3.63, 3.8) is 0 Å². The first-order chi connectivity index (χ1) is 9.49. The van der Waals surface area contributed by atoms with Gasteiger partial charge >= 0.3 is 6.18 Å². The van der Waals surface area contributed by atoms with Crippen LogP contribution in [0, 0.1) is 5.92 Å². The van der Waals surface area contributed by atoms with Gasteiger partial charge in [0.15, 0.2) is 6.10 Å². The fourth-order valence-corrected chi connectivity index (χ4v) is 2.46. The summed E-state index contributed by atoms with van der Waals surface area (Å²) in [6.45, 7) is -0.278. The Morgan fingerprint density at radius 1 is 1.25 bits per heavy atom. The molecule has 7 heteroatoms. The number of alkyl halides is 4. The van der Waals surface area contributed by atoms with E-state index in [2.05, 4.69) is 5.16 Å². The zero-order valence-electron chi connectivity index (χ0n) is 10.3. The molecule has 0 radical (unpaired) electrons. The highest BCUT2D eigenvalue weighted by atomic mass is 19.4. The maximum Gasteiger partial charge on any atom is 0.416 e. The largest absolute Gasteiger partial charge is 0.416 e. The molecule has 0 saturated carbocycles. The van der Waals surface area contributed by atoms with E-state index in [0.29, 0.717) is 18.9 Å². The van der Waals surface area contributed by atoms with Gasteiger partial charge in [-0.1, -0.05) is 5.16 Å². The lowest BCUT2D eigenvalue weighted by Gasteiger charge is -2.17. The highest BCUT2D eigenvalue weighted by Gasteiger charge is 2.40. The molecule has 20 heavy (non-hydrogen) atoms. The molecule has 1 aromatic carbocycles. The van der Waals surface area contributed by atoms with Gasteiger partial charge in [0.1, 0.15) is 6.67 Å². The van der Waals surface area contributed by atoms with Crippen molar-refractivity contribution in [2.75, 3.05) is 13.2 Å². The first kappa shape index (κ1) is 13.4. The maximum absolute atomic E-state index is 12.8. The summed E-state index contributed by atoms with van der Waals surface area (Å²) in [7, 11) is 0. The number of fused-ring (bicyclic) bond motifs is 1. The molecule has 3 nitrogen and oxygen atoms in total. The molecule has 0 aliphatic carbocycles. The first-order valence-electron chi connectivity index (χ1n) is 6.06. The summed E-state index contributed by atoms with van der Waals surface area (Å²) in [5, 5.41) is 3.82. The van der Waals surface area contributed by atoms with Crippen molar-refractivity contribution < 1.29 is 27.1 Å². The second kappa shape index (κ2) is 4.73. The molecule has 3 rings (SSSR count). The van der Waals surface area contributed by atoms with E-state index in [9.17, 15) is 17.6 Å². The number of rotatable bonds is 2. The van der Waals surface area contributed by atoms with Crippen molar-refractivity contribution in [3.05, 3.63) is 34.9 Å². The van der Waals surface area contributed by atoms with E-state index in [1.54, 1.807) is 0 Å². The molecule has 0 spiro atoms. The molecule has 1 fully saturated rings. The van der Waals surface area contributed by atoms with Crippen molar-refractivity contribution in [3.8, 4) is 0 Å². The van der Waals surface area contributed by atoms with Gasteiger partial charge in [-0.05, 0) is 29.3 Å². The molecule has 108 valence electrons. The second-order valence-corrected chi connectivity index (χ2v) is 4.82. The van der Waals surface area contributed by atoms with E-state index in [1.165, 1.54) is 6.07 Å². The van der Waals surface area contributed by atoms with Crippen LogP contribution >= 0.6 is 0 Å². The zero-order chi connectivity index (χ0) is 14.3. The fraction of sp³-hybridized carbons (Fsp3) is 0.462. The van der Waals surface area contributed by atoms with Crippen LogP contribution in [-0.4, -0.2) is 18.9 Å². The van der Waals surface area contributed by atoms with Crippen molar-refractivity contribution in [1.29, 1.82) is 0 Å². The van der Waals surface area contributed by atoms with Crippen molar-refractivity contribution >= 4 is 5.71 Å². The Bertz CT molecular complexity index is 556. The van der Waals surface area contributed by atoms with Crippen LogP contribution in [0.3, 0.4) is 0 Å². The van der Waals surface area contributed by atoms with Crippen LogP contribution in [-0.2, 0) is 22.4 Å². The van der Waals surface area contributed by atoms with Crippen molar-refractivity contribution in [1.82, 2.24) is 0 Å². The topological polar surface area (TPSA) is 30.8 Å². The third kappa shape index (κ3) is 2.26. The molecule has 2 heterocycles.